The van der Waals surface area contributed by atoms with E-state index in [1.807, 2.05) is 48.5 Å². The van der Waals surface area contributed by atoms with Crippen LogP contribution in [0.1, 0.15) is 31.8 Å². The molecule has 5 N–H and O–H groups in total. The number of benzene rings is 4. The molecule has 0 bridgehead atoms. The number of nitrogens with one attached hydrogen (secondary N) is 1. The van der Waals surface area contributed by atoms with Crippen molar-refractivity contribution in [2.24, 2.45) is 0 Å². The number of carbonyl (C=O) groups is 3. The Balaban J connectivity index is 0.000000306. The quantitative estimate of drug-likeness (QED) is 0.0428. The average molecular weight is 1250 g/mol. The van der Waals surface area contributed by atoms with E-state index in [4.69, 9.17) is 28.3 Å². The molecule has 0 aromatic heterocycles. The van der Waals surface area contributed by atoms with E-state index in [0.717, 1.165) is 16.8 Å². The molecule has 0 fully saturated rings. The number of aliphatic hydroxyl groups excluding tert-OH is 2. The fourth-order valence-electron chi connectivity index (χ4n) is 6.45. The van der Waals surface area contributed by atoms with Crippen LogP contribution in [0.25, 0.3) is 0 Å². The topological polar surface area (TPSA) is 182 Å². The van der Waals surface area contributed by atoms with Crippen LogP contribution in [0.3, 0.4) is 0 Å². The fourth-order valence-corrected chi connectivity index (χ4v) is 7.44. The molecule has 3 amide bonds. The van der Waals surface area contributed by atoms with Gasteiger partial charge in [0, 0.05) is 0 Å². The van der Waals surface area contributed by atoms with E-state index >= 15 is 0 Å². The van der Waals surface area contributed by atoms with Gasteiger partial charge in [0.15, 0.2) is 0 Å². The molecule has 306 valence electrons. The maximum atomic E-state index is 13.6. The van der Waals surface area contributed by atoms with Crippen LogP contribution in [0.5, 0.6) is 23.0 Å². The molecule has 0 unspecified atom stereocenters. The van der Waals surface area contributed by atoms with Crippen molar-refractivity contribution in [2.45, 2.75) is 24.9 Å². The van der Waals surface area contributed by atoms with Gasteiger partial charge in [-0.05, 0) is 0 Å². The summed E-state index contributed by atoms with van der Waals surface area (Å²) in [6.45, 7) is 3.18. The maximum absolute atomic E-state index is 13.6. The monoisotopic (exact) mass is 1250 g/mol. The number of para-hydroxylation sites is 2. The number of carbonyl (C=O) groups excluding carboxylic acids is 3. The van der Waals surface area contributed by atoms with Crippen molar-refractivity contribution in [1.29, 1.82) is 0 Å². The van der Waals surface area contributed by atoms with Gasteiger partial charge in [-0.1, -0.05) is 0 Å². The number of fused-ring (bicyclic) bond motifs is 2. The molecule has 20 heteroatoms. The number of rotatable bonds is 11. The Morgan fingerprint density at radius 3 is 1.72 bits per heavy atom. The van der Waals surface area contributed by atoms with Gasteiger partial charge in [0.2, 0.25) is 0 Å². The SMILES string of the molecule is C=CCOC(=O)Nc1cc(O[SH-]#P)c(OC)cc1C(=O)N1c2ccccc2C[C@H]1CO.COc1cc(C(=O)N2c3ccccc3C[C@H]2CO)c(N)cc1O[SH-]#P.[TlH2].[TlH2]. The summed E-state index contributed by atoms with van der Waals surface area (Å²) in [5.74, 6) is 0.699. The zero-order chi connectivity index (χ0) is 40.4. The van der Waals surface area contributed by atoms with Gasteiger partial charge in [-0.25, -0.2) is 0 Å². The first-order valence-corrected chi connectivity index (χ1v) is 20.9. The summed E-state index contributed by atoms with van der Waals surface area (Å²) in [6.07, 6.45) is 1.81. The summed E-state index contributed by atoms with van der Waals surface area (Å²) in [7, 11) is 11.0. The first-order chi connectivity index (χ1) is 27.1. The molecular weight excluding hydrogens is 1210 g/mol. The van der Waals surface area contributed by atoms with E-state index in [1.165, 1.54) is 37.3 Å². The van der Waals surface area contributed by atoms with Gasteiger partial charge in [0.1, 0.15) is 0 Å². The van der Waals surface area contributed by atoms with Crippen molar-refractivity contribution in [2.75, 3.05) is 54.9 Å². The normalized spacial score (nSPS) is 14.5. The average Bonchev–Trinajstić information content (AvgIpc) is 3.79. The van der Waals surface area contributed by atoms with Gasteiger partial charge in [-0.2, -0.15) is 0 Å². The van der Waals surface area contributed by atoms with Crippen molar-refractivity contribution in [1.82, 2.24) is 0 Å². The predicted octanol–water partition coefficient (Wildman–Crippen LogP) is 3.87. The second-order valence-electron chi connectivity index (χ2n) is 12.2. The summed E-state index contributed by atoms with van der Waals surface area (Å²) >= 11 is 0.700. The Labute approximate surface area is 387 Å². The van der Waals surface area contributed by atoms with Crippen LogP contribution in [0.2, 0.25) is 0 Å². The van der Waals surface area contributed by atoms with Crippen LogP contribution in [-0.4, -0.2) is 129 Å². The number of methoxy groups -OCH3 is 2. The Hall–Kier alpha value is -2.85. The summed E-state index contributed by atoms with van der Waals surface area (Å²) in [6, 6.07) is 20.4. The van der Waals surface area contributed by atoms with Crippen LogP contribution < -0.4 is 38.7 Å². The fraction of sp³-hybridized carbons (Fsp3) is 0.237. The Morgan fingerprint density at radius 2 is 1.26 bits per heavy atom. The Morgan fingerprint density at radius 1 is 0.793 bits per heavy atom. The van der Waals surface area contributed by atoms with Crippen LogP contribution in [0, 0.1) is 0 Å². The van der Waals surface area contributed by atoms with E-state index in [2.05, 4.69) is 27.5 Å². The number of thiol groups is 2. The molecule has 0 saturated heterocycles. The van der Waals surface area contributed by atoms with Crippen molar-refractivity contribution < 1.29 is 47.2 Å². The molecule has 0 aliphatic carbocycles. The minimum atomic E-state index is -0.756. The van der Waals surface area contributed by atoms with Crippen molar-refractivity contribution >= 4 is 133 Å². The molecule has 6 rings (SSSR count). The molecule has 58 heavy (non-hydrogen) atoms. The molecule has 4 aromatic rings. The van der Waals surface area contributed by atoms with E-state index in [-0.39, 0.29) is 109 Å². The number of hydrogen-bond acceptors (Lipinski definition) is 13. The first kappa shape index (κ1) is 49.5. The number of amides is 3. The van der Waals surface area contributed by atoms with Gasteiger partial charge < -0.3 is 0 Å². The van der Waals surface area contributed by atoms with E-state index in [0.29, 0.717) is 63.4 Å². The zero-order valence-electron chi connectivity index (χ0n) is 32.3. The molecule has 2 radical (unpaired) electrons. The summed E-state index contributed by atoms with van der Waals surface area (Å²) in [5.41, 5.74) is 10.5. The van der Waals surface area contributed by atoms with E-state index in [1.54, 1.807) is 17.0 Å². The van der Waals surface area contributed by atoms with Gasteiger partial charge >= 0.3 is 391 Å². The molecule has 0 spiro atoms. The van der Waals surface area contributed by atoms with Gasteiger partial charge in [-0.15, -0.1) is 0 Å². The molecule has 2 atom stereocenters. The molecule has 2 aliphatic rings. The summed E-state index contributed by atoms with van der Waals surface area (Å²) in [5, 5.41) is 22.2. The molecule has 2 aliphatic heterocycles. The van der Waals surface area contributed by atoms with Crippen LogP contribution in [0.15, 0.2) is 85.5 Å². The third-order valence-corrected chi connectivity index (χ3v) is 10.00. The van der Waals surface area contributed by atoms with Crippen LogP contribution >= 0.6 is 15.6 Å². The molecular formula is C38H44N4O10P2S2Tl2-2. The molecule has 14 nitrogen and oxygen atoms in total. The Kier molecular flexibility index (Phi) is 20.3. The minimum absolute atomic E-state index is 0. The van der Waals surface area contributed by atoms with Crippen molar-refractivity contribution in [3.8, 4) is 23.0 Å². The number of nitrogen functional groups attached to an aromatic ring is 1. The van der Waals surface area contributed by atoms with Crippen LogP contribution in [0.4, 0.5) is 27.5 Å². The van der Waals surface area contributed by atoms with Gasteiger partial charge in [0.05, 0.1) is 0 Å². The van der Waals surface area contributed by atoms with E-state index in [9.17, 15) is 24.6 Å². The number of nitrogens with two attached hydrogens (primary N) is 1. The zero-order valence-corrected chi connectivity index (χ0v) is 51.5. The second-order valence-corrected chi connectivity index (χ2v) is 13.9. The number of nitrogens with zero attached hydrogens (tertiary/aromatic N) is 2. The molecule has 2 heterocycles. The van der Waals surface area contributed by atoms with Crippen LogP contribution in [-0.2, 0) is 39.6 Å². The standard InChI is InChI=1S/C21H22N2O6PS.C17H18N2O4PS.2Tl.4H/c1-3-8-28-21(26)22-16-11-19(29-31-30)18(27-2)10-15(16)20(25)23-14(12-24)9-13-6-4-5-7-17(13)23;1-22-15-7-12(13(18)8-16(15)23-25-24)17(21)19-11(9-20)6-10-4-2-3-5-14(10)19;;;;;;/h3-7,10-11,14,24,31H,1,8-9,12H2,2H3,(H,22,26);2-5,7-8,11,20,25H,6,9,18H2,1H3;;;;;;/q2*-1;;;;;;/t14-;11-;;;;;;/m00....../s1. The van der Waals surface area contributed by atoms with Crippen molar-refractivity contribution in [3.05, 3.63) is 108 Å². The number of hydrogen-bond donors (Lipinski definition) is 4. The molecule has 4 aromatic carbocycles. The summed E-state index contributed by atoms with van der Waals surface area (Å²) < 4.78 is 26.4. The Bertz CT molecular complexity index is 2240. The second kappa shape index (κ2) is 23.8. The van der Waals surface area contributed by atoms with Gasteiger partial charge in [-0.3, -0.25) is 0 Å². The summed E-state index contributed by atoms with van der Waals surface area (Å²) in [4.78, 5) is 42.1. The number of aliphatic hydroxyl groups is 2. The predicted molar refractivity (Wildman–Crippen MR) is 241 cm³/mol. The third-order valence-electron chi connectivity index (χ3n) is 8.95. The third kappa shape index (κ3) is 11.3. The number of ether oxygens (including phenoxy) is 3. The van der Waals surface area contributed by atoms with Crippen molar-refractivity contribution in [3.63, 3.8) is 0 Å². The first-order valence-electron chi connectivity index (χ1n) is 17.0. The van der Waals surface area contributed by atoms with E-state index < -0.39 is 18.0 Å². The molecule has 0 saturated carbocycles. The number of anilines is 4. The van der Waals surface area contributed by atoms with Gasteiger partial charge in [0.25, 0.3) is 0 Å².